The van der Waals surface area contributed by atoms with Gasteiger partial charge in [-0.2, -0.15) is 0 Å². The number of nitrogens with zero attached hydrogens (tertiary/aromatic N) is 2. The van der Waals surface area contributed by atoms with E-state index in [4.69, 9.17) is 6.42 Å². The molecule has 0 unspecified atom stereocenters. The summed E-state index contributed by atoms with van der Waals surface area (Å²) in [4.78, 5) is 20.5. The van der Waals surface area contributed by atoms with Crippen molar-refractivity contribution in [3.8, 4) is 23.6 Å². The number of amides is 1. The highest BCUT2D eigenvalue weighted by molar-refractivity contribution is 5.66. The van der Waals surface area contributed by atoms with Gasteiger partial charge in [0, 0.05) is 23.9 Å². The predicted molar refractivity (Wildman–Crippen MR) is 83.2 cm³/mol. The minimum absolute atomic E-state index is 0.203. The lowest BCUT2D eigenvalue weighted by atomic mass is 10.1. The number of imidazole rings is 1. The molecule has 5 heteroatoms. The Balaban J connectivity index is 1.87. The van der Waals surface area contributed by atoms with Gasteiger partial charge in [-0.3, -0.25) is 4.90 Å². The van der Waals surface area contributed by atoms with Crippen LogP contribution in [0.15, 0.2) is 30.5 Å². The molecule has 2 N–H and O–H groups in total. The fraction of sp³-hybridized carbons (Fsp3) is 0.294. The number of benzene rings is 1. The third-order valence-electron chi connectivity index (χ3n) is 4.02. The van der Waals surface area contributed by atoms with E-state index in [1.165, 1.54) is 4.90 Å². The molecule has 0 radical (unpaired) electrons. The van der Waals surface area contributed by atoms with E-state index < -0.39 is 6.09 Å². The highest BCUT2D eigenvalue weighted by Crippen LogP contribution is 2.34. The lowest BCUT2D eigenvalue weighted by molar-refractivity contribution is 0.138. The SMILES string of the molecule is C#Cc1ccc(-c2c[nH]c([C@@H]3C[C@H](C)CN3C(=O)O)n2)cc1. The number of rotatable bonds is 2. The standard InChI is InChI=1S/C17H17N3O2/c1-3-12-4-6-13(7-5-12)14-9-18-16(19-14)15-8-11(2)10-20(15)17(21)22/h1,4-7,9,11,15H,8,10H2,2H3,(H,18,19)(H,21,22)/t11-,15-/m0/s1. The Morgan fingerprint density at radius 2 is 2.18 bits per heavy atom. The van der Waals surface area contributed by atoms with Crippen LogP contribution in [0.1, 0.15) is 30.8 Å². The first-order valence-corrected chi connectivity index (χ1v) is 7.20. The lowest BCUT2D eigenvalue weighted by Gasteiger charge is -2.19. The average Bonchev–Trinajstić information content (AvgIpc) is 3.13. The Bertz CT molecular complexity index is 727. The quantitative estimate of drug-likeness (QED) is 0.836. The smallest absolute Gasteiger partial charge is 0.407 e. The number of hydrogen-bond donors (Lipinski definition) is 2. The zero-order valence-corrected chi connectivity index (χ0v) is 12.3. The number of hydrogen-bond acceptors (Lipinski definition) is 2. The molecule has 2 aromatic rings. The van der Waals surface area contributed by atoms with Crippen molar-refractivity contribution < 1.29 is 9.90 Å². The van der Waals surface area contributed by atoms with Crippen molar-refractivity contribution in [3.63, 3.8) is 0 Å². The molecule has 1 aromatic heterocycles. The van der Waals surface area contributed by atoms with Crippen LogP contribution in [-0.4, -0.2) is 32.6 Å². The third-order valence-corrected chi connectivity index (χ3v) is 4.02. The average molecular weight is 295 g/mol. The number of carboxylic acid groups (broad SMARTS) is 1. The Morgan fingerprint density at radius 3 is 2.82 bits per heavy atom. The molecule has 0 saturated carbocycles. The summed E-state index contributed by atoms with van der Waals surface area (Å²) >= 11 is 0. The maximum Gasteiger partial charge on any atom is 0.407 e. The second-order valence-electron chi connectivity index (χ2n) is 5.68. The van der Waals surface area contributed by atoms with Crippen molar-refractivity contribution in [2.45, 2.75) is 19.4 Å². The number of aromatic amines is 1. The molecule has 1 amide bonds. The molecule has 0 aliphatic carbocycles. The molecule has 112 valence electrons. The van der Waals surface area contributed by atoms with Crippen molar-refractivity contribution in [2.75, 3.05) is 6.54 Å². The largest absolute Gasteiger partial charge is 0.465 e. The highest BCUT2D eigenvalue weighted by Gasteiger charge is 2.35. The topological polar surface area (TPSA) is 69.2 Å². The molecular weight excluding hydrogens is 278 g/mol. The van der Waals surface area contributed by atoms with E-state index in [1.54, 1.807) is 0 Å². The normalized spacial score (nSPS) is 20.8. The lowest BCUT2D eigenvalue weighted by Crippen LogP contribution is -2.29. The second kappa shape index (κ2) is 5.57. The molecule has 2 heterocycles. The summed E-state index contributed by atoms with van der Waals surface area (Å²) in [5.41, 5.74) is 2.57. The number of likely N-dealkylation sites (tertiary alicyclic amines) is 1. The van der Waals surface area contributed by atoms with Gasteiger partial charge < -0.3 is 10.1 Å². The Labute approximate surface area is 129 Å². The minimum Gasteiger partial charge on any atom is -0.465 e. The summed E-state index contributed by atoms with van der Waals surface area (Å²) in [5.74, 6) is 3.61. The van der Waals surface area contributed by atoms with E-state index in [1.807, 2.05) is 30.5 Å². The van der Waals surface area contributed by atoms with E-state index in [9.17, 15) is 9.90 Å². The van der Waals surface area contributed by atoms with Gasteiger partial charge in [-0.1, -0.05) is 25.0 Å². The molecule has 0 bridgehead atoms. The van der Waals surface area contributed by atoms with Gasteiger partial charge in [0.05, 0.1) is 11.7 Å². The van der Waals surface area contributed by atoms with Gasteiger partial charge in [-0.15, -0.1) is 6.42 Å². The van der Waals surface area contributed by atoms with E-state index in [0.717, 1.165) is 23.2 Å². The van der Waals surface area contributed by atoms with Gasteiger partial charge in [0.2, 0.25) is 0 Å². The zero-order chi connectivity index (χ0) is 15.7. The molecule has 3 rings (SSSR count). The van der Waals surface area contributed by atoms with Crippen molar-refractivity contribution in [3.05, 3.63) is 41.9 Å². The summed E-state index contributed by atoms with van der Waals surface area (Å²) in [6, 6.07) is 7.37. The highest BCUT2D eigenvalue weighted by atomic mass is 16.4. The van der Waals surface area contributed by atoms with Crippen LogP contribution in [0.4, 0.5) is 4.79 Å². The van der Waals surface area contributed by atoms with E-state index in [2.05, 4.69) is 22.8 Å². The van der Waals surface area contributed by atoms with Crippen LogP contribution in [0.2, 0.25) is 0 Å². The third kappa shape index (κ3) is 2.56. The molecule has 1 aliphatic rings. The van der Waals surface area contributed by atoms with Crippen LogP contribution in [0.5, 0.6) is 0 Å². The first-order valence-electron chi connectivity index (χ1n) is 7.20. The summed E-state index contributed by atoms with van der Waals surface area (Å²) in [6.45, 7) is 2.60. The van der Waals surface area contributed by atoms with Crippen LogP contribution in [0.3, 0.4) is 0 Å². The summed E-state index contributed by atoms with van der Waals surface area (Å²) in [6.07, 6.45) is 7.05. The molecule has 1 fully saturated rings. The molecular formula is C17H17N3O2. The Hall–Kier alpha value is -2.74. The number of H-pyrrole nitrogens is 1. The second-order valence-corrected chi connectivity index (χ2v) is 5.68. The molecule has 0 spiro atoms. The van der Waals surface area contributed by atoms with Crippen molar-refractivity contribution in [2.24, 2.45) is 5.92 Å². The van der Waals surface area contributed by atoms with Gasteiger partial charge in [-0.05, 0) is 24.5 Å². The summed E-state index contributed by atoms with van der Waals surface area (Å²) in [5, 5.41) is 9.31. The van der Waals surface area contributed by atoms with E-state index >= 15 is 0 Å². The maximum atomic E-state index is 11.3. The molecule has 2 atom stereocenters. The Morgan fingerprint density at radius 1 is 1.45 bits per heavy atom. The molecule has 5 nitrogen and oxygen atoms in total. The van der Waals surface area contributed by atoms with Gasteiger partial charge in [0.1, 0.15) is 5.82 Å². The van der Waals surface area contributed by atoms with Crippen molar-refractivity contribution >= 4 is 6.09 Å². The van der Waals surface area contributed by atoms with Crippen LogP contribution < -0.4 is 0 Å². The summed E-state index contributed by atoms with van der Waals surface area (Å²) < 4.78 is 0. The Kier molecular flexibility index (Phi) is 3.60. The fourth-order valence-electron chi connectivity index (χ4n) is 2.91. The number of carbonyl (C=O) groups is 1. The fourth-order valence-corrected chi connectivity index (χ4v) is 2.91. The van der Waals surface area contributed by atoms with Gasteiger partial charge in [0.25, 0.3) is 0 Å². The maximum absolute atomic E-state index is 11.3. The van der Waals surface area contributed by atoms with Gasteiger partial charge in [0.15, 0.2) is 0 Å². The van der Waals surface area contributed by atoms with Crippen LogP contribution in [0.25, 0.3) is 11.3 Å². The predicted octanol–water partition coefficient (Wildman–Crippen LogP) is 3.12. The van der Waals surface area contributed by atoms with Gasteiger partial charge in [-0.25, -0.2) is 9.78 Å². The van der Waals surface area contributed by atoms with Crippen molar-refractivity contribution in [1.29, 1.82) is 0 Å². The number of terminal acetylenes is 1. The van der Waals surface area contributed by atoms with Crippen LogP contribution in [0, 0.1) is 18.3 Å². The molecule has 1 aromatic carbocycles. The zero-order valence-electron chi connectivity index (χ0n) is 12.3. The number of aromatic nitrogens is 2. The first kappa shape index (κ1) is 14.2. The molecule has 22 heavy (non-hydrogen) atoms. The molecule has 1 saturated heterocycles. The van der Waals surface area contributed by atoms with Gasteiger partial charge >= 0.3 is 6.09 Å². The van der Waals surface area contributed by atoms with E-state index in [0.29, 0.717) is 18.3 Å². The molecule has 1 aliphatic heterocycles. The number of nitrogens with one attached hydrogen (secondary N) is 1. The van der Waals surface area contributed by atoms with Crippen LogP contribution >= 0.6 is 0 Å². The minimum atomic E-state index is -0.898. The summed E-state index contributed by atoms with van der Waals surface area (Å²) in [7, 11) is 0. The first-order chi connectivity index (χ1) is 10.6. The monoisotopic (exact) mass is 295 g/mol. The van der Waals surface area contributed by atoms with E-state index in [-0.39, 0.29) is 6.04 Å². The van der Waals surface area contributed by atoms with Crippen molar-refractivity contribution in [1.82, 2.24) is 14.9 Å². The van der Waals surface area contributed by atoms with Crippen LogP contribution in [-0.2, 0) is 0 Å².